The van der Waals surface area contributed by atoms with Crippen molar-refractivity contribution in [1.29, 1.82) is 0 Å². The van der Waals surface area contributed by atoms with E-state index in [0.29, 0.717) is 5.92 Å². The van der Waals surface area contributed by atoms with Crippen LogP contribution in [0.2, 0.25) is 0 Å². The molecule has 1 aromatic rings. The normalized spacial score (nSPS) is 25.5. The second-order valence-electron chi connectivity index (χ2n) is 6.12. The van der Waals surface area contributed by atoms with Crippen molar-refractivity contribution in [3.63, 3.8) is 0 Å². The van der Waals surface area contributed by atoms with E-state index in [2.05, 4.69) is 48.0 Å². The minimum absolute atomic E-state index is 0.570. The minimum atomic E-state index is 0.570. The van der Waals surface area contributed by atoms with Gasteiger partial charge in [-0.2, -0.15) is 0 Å². The summed E-state index contributed by atoms with van der Waals surface area (Å²) in [7, 11) is 2.17. The number of likely N-dealkylation sites (tertiary alicyclic amines) is 1. The van der Waals surface area contributed by atoms with E-state index in [0.717, 1.165) is 12.2 Å². The molecule has 3 heteroatoms. The fourth-order valence-corrected chi connectivity index (χ4v) is 3.36. The topological polar surface area (TPSA) is 18.8 Å². The Labute approximate surface area is 122 Å². The number of amidine groups is 1. The highest BCUT2D eigenvalue weighted by Crippen LogP contribution is 2.32. The van der Waals surface area contributed by atoms with Gasteiger partial charge in [-0.25, -0.2) is 4.99 Å². The van der Waals surface area contributed by atoms with E-state index in [1.54, 1.807) is 0 Å². The van der Waals surface area contributed by atoms with Gasteiger partial charge in [-0.15, -0.1) is 0 Å². The number of hydrogen-bond acceptors (Lipinski definition) is 2. The molecular weight excluding hydrogens is 246 g/mol. The molecule has 0 aliphatic carbocycles. The van der Waals surface area contributed by atoms with E-state index >= 15 is 0 Å². The third-order valence-corrected chi connectivity index (χ3v) is 4.53. The zero-order chi connectivity index (χ0) is 13.9. The van der Waals surface area contributed by atoms with Crippen LogP contribution in [-0.4, -0.2) is 37.4 Å². The van der Waals surface area contributed by atoms with E-state index in [9.17, 15) is 0 Å². The summed E-state index contributed by atoms with van der Waals surface area (Å²) in [4.78, 5) is 9.83. The van der Waals surface area contributed by atoms with Gasteiger partial charge in [0.05, 0.1) is 11.4 Å². The van der Waals surface area contributed by atoms with E-state index in [1.165, 1.54) is 50.3 Å². The summed E-state index contributed by atoms with van der Waals surface area (Å²) in [6.45, 7) is 5.78. The van der Waals surface area contributed by atoms with Crippen LogP contribution < -0.4 is 4.90 Å². The quantitative estimate of drug-likeness (QED) is 0.817. The highest BCUT2D eigenvalue weighted by molar-refractivity contribution is 5.89. The zero-order valence-corrected chi connectivity index (χ0v) is 12.7. The molecule has 0 bridgehead atoms. The van der Waals surface area contributed by atoms with Crippen LogP contribution in [0, 0.1) is 5.92 Å². The Morgan fingerprint density at radius 1 is 1.05 bits per heavy atom. The number of piperidine rings is 1. The monoisotopic (exact) mass is 271 g/mol. The summed E-state index contributed by atoms with van der Waals surface area (Å²) in [5.74, 6) is 1.82. The van der Waals surface area contributed by atoms with Gasteiger partial charge in [0.2, 0.25) is 0 Å². The maximum absolute atomic E-state index is 5.03. The average Bonchev–Trinajstić information content (AvgIpc) is 2.97. The van der Waals surface area contributed by atoms with Gasteiger partial charge >= 0.3 is 0 Å². The number of aliphatic imine (C=N–C) groups is 1. The Balaban J connectivity index is 1.93. The number of anilines is 1. The number of para-hydroxylation sites is 2. The van der Waals surface area contributed by atoms with Crippen LogP contribution >= 0.6 is 0 Å². The van der Waals surface area contributed by atoms with E-state index < -0.39 is 0 Å². The van der Waals surface area contributed by atoms with Gasteiger partial charge in [0.15, 0.2) is 0 Å². The summed E-state index contributed by atoms with van der Waals surface area (Å²) in [6, 6.07) is 8.62. The predicted octanol–water partition coefficient (Wildman–Crippen LogP) is 3.68. The molecule has 2 fully saturated rings. The Hall–Kier alpha value is -1.51. The molecule has 1 atom stereocenters. The van der Waals surface area contributed by atoms with E-state index in [-0.39, 0.29) is 0 Å². The fourth-order valence-electron chi connectivity index (χ4n) is 3.36. The van der Waals surface area contributed by atoms with Gasteiger partial charge in [0, 0.05) is 32.6 Å². The molecule has 2 heterocycles. The largest absolute Gasteiger partial charge is 0.370 e. The molecular formula is C17H25N3. The van der Waals surface area contributed by atoms with Crippen molar-refractivity contribution in [3.05, 3.63) is 24.3 Å². The van der Waals surface area contributed by atoms with Crippen LogP contribution in [0.3, 0.4) is 0 Å². The molecule has 0 aromatic heterocycles. The lowest BCUT2D eigenvalue weighted by molar-refractivity contribution is 0.389. The first-order valence-electron chi connectivity index (χ1n) is 7.89. The van der Waals surface area contributed by atoms with Gasteiger partial charge in [-0.1, -0.05) is 19.1 Å². The first-order valence-corrected chi connectivity index (χ1v) is 7.89. The summed E-state index contributed by atoms with van der Waals surface area (Å²) in [5.41, 5.74) is 2.45. The smallest absolute Gasteiger partial charge is 0.107 e. The summed E-state index contributed by atoms with van der Waals surface area (Å²) in [5, 5.41) is 0. The van der Waals surface area contributed by atoms with E-state index in [1.807, 2.05) is 0 Å². The molecule has 3 nitrogen and oxygen atoms in total. The molecule has 108 valence electrons. The maximum atomic E-state index is 5.03. The maximum Gasteiger partial charge on any atom is 0.107 e. The molecule has 3 rings (SSSR count). The Kier molecular flexibility index (Phi) is 3.95. The molecule has 20 heavy (non-hydrogen) atoms. The van der Waals surface area contributed by atoms with Crippen molar-refractivity contribution >= 4 is 17.2 Å². The van der Waals surface area contributed by atoms with Crippen molar-refractivity contribution < 1.29 is 0 Å². The minimum Gasteiger partial charge on any atom is -0.370 e. The second-order valence-corrected chi connectivity index (χ2v) is 6.12. The lowest BCUT2D eigenvalue weighted by atomic mass is 9.99. The summed E-state index contributed by atoms with van der Waals surface area (Å²) in [6.07, 6.45) is 5.15. The number of rotatable bonds is 2. The van der Waals surface area contributed by atoms with E-state index in [4.69, 9.17) is 4.99 Å². The first-order chi connectivity index (χ1) is 9.75. The third kappa shape index (κ3) is 2.67. The van der Waals surface area contributed by atoms with Gasteiger partial charge in [-0.05, 0) is 37.8 Å². The summed E-state index contributed by atoms with van der Waals surface area (Å²) < 4.78 is 0. The van der Waals surface area contributed by atoms with Crippen molar-refractivity contribution in [2.75, 3.05) is 31.6 Å². The highest BCUT2D eigenvalue weighted by Gasteiger charge is 2.21. The third-order valence-electron chi connectivity index (χ3n) is 4.53. The molecule has 0 spiro atoms. The van der Waals surface area contributed by atoms with Crippen molar-refractivity contribution in [2.45, 2.75) is 32.6 Å². The van der Waals surface area contributed by atoms with Crippen LogP contribution in [0.25, 0.3) is 0 Å². The Morgan fingerprint density at radius 3 is 2.55 bits per heavy atom. The average molecular weight is 271 g/mol. The SMILES string of the molecule is CC1CCCN(C)C1=Nc1ccccc1N1CCCC1. The van der Waals surface area contributed by atoms with Gasteiger partial charge < -0.3 is 9.80 Å². The molecule has 0 radical (unpaired) electrons. The van der Waals surface area contributed by atoms with Crippen molar-refractivity contribution in [2.24, 2.45) is 10.9 Å². The van der Waals surface area contributed by atoms with Crippen LogP contribution in [0.5, 0.6) is 0 Å². The van der Waals surface area contributed by atoms with Gasteiger partial charge in [0.1, 0.15) is 5.84 Å². The Morgan fingerprint density at radius 2 is 1.80 bits per heavy atom. The predicted molar refractivity (Wildman–Crippen MR) is 86.0 cm³/mol. The lowest BCUT2D eigenvalue weighted by Crippen LogP contribution is -2.37. The number of hydrogen-bond donors (Lipinski definition) is 0. The number of nitrogens with zero attached hydrogens (tertiary/aromatic N) is 3. The first kappa shape index (κ1) is 13.5. The van der Waals surface area contributed by atoms with Crippen LogP contribution in [-0.2, 0) is 0 Å². The Bertz CT molecular complexity index is 477. The molecule has 1 aromatic carbocycles. The van der Waals surface area contributed by atoms with Crippen molar-refractivity contribution in [1.82, 2.24) is 4.90 Å². The molecule has 2 aliphatic heterocycles. The lowest BCUT2D eigenvalue weighted by Gasteiger charge is -2.31. The summed E-state index contributed by atoms with van der Waals surface area (Å²) >= 11 is 0. The molecule has 2 aliphatic rings. The van der Waals surface area contributed by atoms with Crippen LogP contribution in [0.15, 0.2) is 29.3 Å². The molecule has 0 saturated carbocycles. The zero-order valence-electron chi connectivity index (χ0n) is 12.7. The van der Waals surface area contributed by atoms with Gasteiger partial charge in [-0.3, -0.25) is 0 Å². The highest BCUT2D eigenvalue weighted by atomic mass is 15.2. The van der Waals surface area contributed by atoms with Crippen LogP contribution in [0.1, 0.15) is 32.6 Å². The fraction of sp³-hybridized carbons (Fsp3) is 0.588. The second kappa shape index (κ2) is 5.86. The number of benzene rings is 1. The van der Waals surface area contributed by atoms with Gasteiger partial charge in [0.25, 0.3) is 0 Å². The molecule has 0 N–H and O–H groups in total. The molecule has 0 amide bonds. The van der Waals surface area contributed by atoms with Crippen LogP contribution in [0.4, 0.5) is 11.4 Å². The van der Waals surface area contributed by atoms with Crippen molar-refractivity contribution in [3.8, 4) is 0 Å². The molecule has 2 saturated heterocycles. The standard InChI is InChI=1S/C17H25N3/c1-14-8-7-11-19(2)17(14)18-15-9-3-4-10-16(15)20-12-5-6-13-20/h3-4,9-10,14H,5-8,11-13H2,1-2H3. The molecule has 1 unspecified atom stereocenters.